The molecule has 1 rings (SSSR count). The second kappa shape index (κ2) is 6.09. The van der Waals surface area contributed by atoms with Gasteiger partial charge in [-0.3, -0.25) is 0 Å². The van der Waals surface area contributed by atoms with E-state index < -0.39 is 9.58 Å². The number of carbonyl (C=O) groups excluding carboxylic acids is 1. The number of halogens is 3. The zero-order valence-electron chi connectivity index (χ0n) is 8.41. The van der Waals surface area contributed by atoms with Gasteiger partial charge < -0.3 is 0 Å². The van der Waals surface area contributed by atoms with Crippen LogP contribution in [0.5, 0.6) is 0 Å². The van der Waals surface area contributed by atoms with Crippen molar-refractivity contribution >= 4 is 60.0 Å². The summed E-state index contributed by atoms with van der Waals surface area (Å²) in [6, 6.07) is 9.61. The Kier molecular flexibility index (Phi) is 5.36. The van der Waals surface area contributed by atoms with Gasteiger partial charge in [0.2, 0.25) is 0 Å². The van der Waals surface area contributed by atoms with Crippen LogP contribution in [0.4, 0.5) is 0 Å². The zero-order chi connectivity index (χ0) is 12.2. The Morgan fingerprint density at radius 3 is 2.25 bits per heavy atom. The quantitative estimate of drug-likeness (QED) is 0.465. The van der Waals surface area contributed by atoms with E-state index >= 15 is 0 Å². The predicted molar refractivity (Wildman–Crippen MR) is 71.3 cm³/mol. The molecule has 0 unspecified atom stereocenters. The van der Waals surface area contributed by atoms with Crippen molar-refractivity contribution in [2.24, 2.45) is 0 Å². The molecule has 0 aliphatic rings. The number of hydrogen-bond acceptors (Lipinski definition) is 1. The first-order valence-corrected chi connectivity index (χ1v) is 8.07. The van der Waals surface area contributed by atoms with E-state index in [9.17, 15) is 4.79 Å². The Morgan fingerprint density at radius 2 is 1.81 bits per heavy atom. The molecule has 0 aromatic heterocycles. The van der Waals surface area contributed by atoms with E-state index in [2.05, 4.69) is 0 Å². The van der Waals surface area contributed by atoms with Gasteiger partial charge in [-0.15, -0.1) is 0 Å². The molecule has 0 spiro atoms. The molecule has 0 aliphatic heterocycles. The Balaban J connectivity index is 3.00. The predicted octanol–water partition coefficient (Wildman–Crippen LogP) is 3.72. The molecule has 0 amide bonds. The van der Waals surface area contributed by atoms with E-state index in [4.69, 9.17) is 34.8 Å². The molecule has 0 saturated heterocycles. The molecule has 86 valence electrons. The van der Waals surface area contributed by atoms with Crippen LogP contribution in [0, 0.1) is 0 Å². The van der Waals surface area contributed by atoms with Gasteiger partial charge in [0.15, 0.2) is 0 Å². The number of allylic oxidation sites excluding steroid dienone is 1. The number of rotatable bonds is 3. The van der Waals surface area contributed by atoms with Crippen LogP contribution in [0.1, 0.15) is 5.56 Å². The first-order valence-electron chi connectivity index (χ1n) is 4.37. The summed E-state index contributed by atoms with van der Waals surface area (Å²) in [6.07, 6.45) is 1.42. The maximum absolute atomic E-state index is 11.5. The fraction of sp³-hybridized carbons (Fsp3) is 0.182. The Morgan fingerprint density at radius 1 is 1.25 bits per heavy atom. The third kappa shape index (κ3) is 4.12. The summed E-state index contributed by atoms with van der Waals surface area (Å²) in [5.41, 5.74) is 0.993. The normalized spacial score (nSPS) is 12.6. The Labute approximate surface area is 116 Å². The van der Waals surface area contributed by atoms with Crippen molar-refractivity contribution in [1.29, 1.82) is 0 Å². The fourth-order valence-electron chi connectivity index (χ4n) is 1.06. The SMILES string of the molecule is C[Se]/C(=C\C(=O)C(Cl)(Cl)Cl)c1ccccc1. The molecule has 1 nitrogen and oxygen atoms in total. The molecule has 1 aromatic rings. The number of alkyl halides is 3. The van der Waals surface area contributed by atoms with Crippen molar-refractivity contribution in [3.8, 4) is 0 Å². The molecule has 16 heavy (non-hydrogen) atoms. The first kappa shape index (κ1) is 14.1. The van der Waals surface area contributed by atoms with E-state index in [-0.39, 0.29) is 15.0 Å². The van der Waals surface area contributed by atoms with Crippen molar-refractivity contribution in [3.63, 3.8) is 0 Å². The van der Waals surface area contributed by atoms with E-state index in [1.165, 1.54) is 6.08 Å². The second-order valence-corrected chi connectivity index (χ2v) is 7.00. The molecular weight excluding hydrogens is 333 g/mol. The van der Waals surface area contributed by atoms with Crippen LogP contribution in [0.3, 0.4) is 0 Å². The fourth-order valence-corrected chi connectivity index (χ4v) is 2.48. The minimum atomic E-state index is -1.87. The molecule has 0 radical (unpaired) electrons. The first-order chi connectivity index (χ1) is 7.45. The number of ketones is 1. The summed E-state index contributed by atoms with van der Waals surface area (Å²) in [5, 5.41) is 0. The van der Waals surface area contributed by atoms with Crippen molar-refractivity contribution in [3.05, 3.63) is 42.0 Å². The number of hydrogen-bond donors (Lipinski definition) is 0. The van der Waals surface area contributed by atoms with Crippen molar-refractivity contribution in [2.75, 3.05) is 0 Å². The molecule has 1 aromatic carbocycles. The summed E-state index contributed by atoms with van der Waals surface area (Å²) in [5.74, 6) is 1.51. The second-order valence-electron chi connectivity index (χ2n) is 2.94. The number of carbonyl (C=O) groups is 1. The van der Waals surface area contributed by atoms with Gasteiger partial charge in [0.05, 0.1) is 0 Å². The third-order valence-corrected chi connectivity index (χ3v) is 4.04. The van der Waals surface area contributed by atoms with E-state index in [0.717, 1.165) is 10.0 Å². The van der Waals surface area contributed by atoms with Gasteiger partial charge in [0.25, 0.3) is 0 Å². The molecule has 0 N–H and O–H groups in total. The molecule has 0 atom stereocenters. The van der Waals surface area contributed by atoms with Crippen LogP contribution in [0.25, 0.3) is 4.47 Å². The molecule has 0 aliphatic carbocycles. The van der Waals surface area contributed by atoms with E-state index in [1.807, 2.05) is 36.2 Å². The van der Waals surface area contributed by atoms with Crippen LogP contribution in [-0.2, 0) is 4.79 Å². The van der Waals surface area contributed by atoms with Gasteiger partial charge >= 0.3 is 116 Å². The van der Waals surface area contributed by atoms with E-state index in [0.29, 0.717) is 0 Å². The van der Waals surface area contributed by atoms with Crippen molar-refractivity contribution in [2.45, 2.75) is 9.61 Å². The van der Waals surface area contributed by atoms with Crippen LogP contribution >= 0.6 is 34.8 Å². The molecular formula is C11H9Cl3OSe. The van der Waals surface area contributed by atoms with Gasteiger partial charge in [-0.05, 0) is 0 Å². The molecule has 0 heterocycles. The molecule has 0 fully saturated rings. The third-order valence-electron chi connectivity index (χ3n) is 1.82. The van der Waals surface area contributed by atoms with Crippen LogP contribution in [-0.4, -0.2) is 24.5 Å². The monoisotopic (exact) mass is 342 g/mol. The zero-order valence-corrected chi connectivity index (χ0v) is 12.4. The Hall–Kier alpha value is 0.0195. The van der Waals surface area contributed by atoms with Crippen LogP contribution in [0.15, 0.2) is 36.4 Å². The molecule has 0 saturated carbocycles. The van der Waals surface area contributed by atoms with Crippen molar-refractivity contribution < 1.29 is 4.79 Å². The average molecular weight is 343 g/mol. The minimum absolute atomic E-state index is 0.160. The summed E-state index contributed by atoms with van der Waals surface area (Å²) in [4.78, 5) is 11.5. The Bertz CT molecular complexity index is 395. The van der Waals surface area contributed by atoms with E-state index in [1.54, 1.807) is 0 Å². The van der Waals surface area contributed by atoms with Gasteiger partial charge in [0.1, 0.15) is 0 Å². The van der Waals surface area contributed by atoms with Crippen LogP contribution < -0.4 is 0 Å². The standard InChI is InChI=1S/C11H9Cl3OSe/c1-16-9(7-10(15)11(12,13)14)8-5-3-2-4-6-8/h2-7H,1H3/b9-7-. The van der Waals surface area contributed by atoms with Crippen LogP contribution in [0.2, 0.25) is 5.82 Å². The van der Waals surface area contributed by atoms with Gasteiger partial charge in [-0.1, -0.05) is 0 Å². The van der Waals surface area contributed by atoms with Gasteiger partial charge in [0, 0.05) is 0 Å². The summed E-state index contributed by atoms with van der Waals surface area (Å²) < 4.78 is -0.949. The summed E-state index contributed by atoms with van der Waals surface area (Å²) >= 11 is 16.7. The van der Waals surface area contributed by atoms with Crippen molar-refractivity contribution in [1.82, 2.24) is 0 Å². The molecule has 0 bridgehead atoms. The summed E-state index contributed by atoms with van der Waals surface area (Å²) in [6.45, 7) is 0. The molecule has 5 heteroatoms. The average Bonchev–Trinajstić information content (AvgIpc) is 2.25. The van der Waals surface area contributed by atoms with Gasteiger partial charge in [-0.25, -0.2) is 0 Å². The number of benzene rings is 1. The summed E-state index contributed by atoms with van der Waals surface area (Å²) in [7, 11) is 0. The van der Waals surface area contributed by atoms with Gasteiger partial charge in [-0.2, -0.15) is 0 Å². The topological polar surface area (TPSA) is 17.1 Å². The maximum atomic E-state index is 11.5.